The van der Waals surface area contributed by atoms with E-state index < -0.39 is 0 Å². The molecule has 0 spiro atoms. The Hall–Kier alpha value is -2.18. The Labute approximate surface area is 165 Å². The van der Waals surface area contributed by atoms with E-state index >= 15 is 0 Å². The van der Waals surface area contributed by atoms with Crippen molar-refractivity contribution in [3.05, 3.63) is 64.7 Å². The molecular weight excluding hydrogens is 365 g/mol. The Morgan fingerprint density at radius 2 is 1.93 bits per heavy atom. The van der Waals surface area contributed by atoms with Crippen LogP contribution in [0.15, 0.2) is 47.6 Å². The molecule has 27 heavy (non-hydrogen) atoms. The van der Waals surface area contributed by atoms with Crippen molar-refractivity contribution in [3.63, 3.8) is 0 Å². The second-order valence-corrected chi connectivity index (χ2v) is 6.40. The van der Waals surface area contributed by atoms with Gasteiger partial charge in [-0.15, -0.1) is 0 Å². The number of likely N-dealkylation sites (N-methyl/N-ethyl adjacent to an activating group) is 1. The van der Waals surface area contributed by atoms with Gasteiger partial charge in [0.25, 0.3) is 0 Å². The van der Waals surface area contributed by atoms with Crippen LogP contribution >= 0.6 is 11.6 Å². The Bertz CT molecular complexity index is 749. The minimum absolute atomic E-state index is 0.0961. The number of guanidine groups is 1. The number of nitrogens with one attached hydrogen (secondary N) is 2. The maximum atomic E-state index is 13.7. The molecule has 0 amide bonds. The molecule has 0 aliphatic rings. The minimum atomic E-state index is -0.336. The highest BCUT2D eigenvalue weighted by molar-refractivity contribution is 6.31. The van der Waals surface area contributed by atoms with E-state index in [1.54, 1.807) is 19.3 Å². The predicted molar refractivity (Wildman–Crippen MR) is 110 cm³/mol. The van der Waals surface area contributed by atoms with Crippen molar-refractivity contribution in [1.29, 1.82) is 0 Å². The van der Waals surface area contributed by atoms with Gasteiger partial charge >= 0.3 is 0 Å². The zero-order valence-corrected chi connectivity index (χ0v) is 16.8. The third kappa shape index (κ3) is 5.91. The lowest BCUT2D eigenvalue weighted by Gasteiger charge is -2.31. The van der Waals surface area contributed by atoms with Gasteiger partial charge in [0.2, 0.25) is 0 Å². The van der Waals surface area contributed by atoms with Gasteiger partial charge in [-0.05, 0) is 36.9 Å². The van der Waals surface area contributed by atoms with Crippen LogP contribution in [-0.4, -0.2) is 42.5 Å². The summed E-state index contributed by atoms with van der Waals surface area (Å²) in [4.78, 5) is 10.6. The third-order valence-corrected chi connectivity index (χ3v) is 4.81. The van der Waals surface area contributed by atoms with Crippen LogP contribution in [-0.2, 0) is 6.54 Å². The molecule has 2 rings (SSSR count). The van der Waals surface area contributed by atoms with Crippen molar-refractivity contribution in [1.82, 2.24) is 20.5 Å². The lowest BCUT2D eigenvalue weighted by atomic mass is 10.0. The quantitative estimate of drug-likeness (QED) is 0.533. The average molecular weight is 392 g/mol. The second-order valence-electron chi connectivity index (χ2n) is 6.00. The van der Waals surface area contributed by atoms with E-state index in [0.717, 1.165) is 23.7 Å². The van der Waals surface area contributed by atoms with Crippen molar-refractivity contribution in [2.24, 2.45) is 4.99 Å². The topological polar surface area (TPSA) is 52.5 Å². The van der Waals surface area contributed by atoms with Crippen LogP contribution in [0.4, 0.5) is 4.39 Å². The van der Waals surface area contributed by atoms with Crippen molar-refractivity contribution < 1.29 is 4.39 Å². The fourth-order valence-corrected chi connectivity index (χ4v) is 3.24. The number of pyridine rings is 1. The van der Waals surface area contributed by atoms with Crippen LogP contribution in [0.1, 0.15) is 31.1 Å². The van der Waals surface area contributed by atoms with E-state index in [1.807, 2.05) is 24.3 Å². The highest BCUT2D eigenvalue weighted by Gasteiger charge is 2.20. The number of nitrogens with zero attached hydrogens (tertiary/aromatic N) is 3. The van der Waals surface area contributed by atoms with Gasteiger partial charge in [0.05, 0.1) is 18.3 Å². The van der Waals surface area contributed by atoms with Crippen molar-refractivity contribution in [2.75, 3.05) is 26.7 Å². The number of hydrogen-bond donors (Lipinski definition) is 2. The number of aliphatic imine (C=N–C) groups is 1. The van der Waals surface area contributed by atoms with Crippen LogP contribution in [0.5, 0.6) is 0 Å². The summed E-state index contributed by atoms with van der Waals surface area (Å²) in [6.45, 7) is 6.94. The Morgan fingerprint density at radius 3 is 2.56 bits per heavy atom. The van der Waals surface area contributed by atoms with Crippen LogP contribution in [0.25, 0.3) is 0 Å². The van der Waals surface area contributed by atoms with Gasteiger partial charge in [0, 0.05) is 24.8 Å². The zero-order chi connectivity index (χ0) is 19.6. The molecule has 0 aliphatic carbocycles. The summed E-state index contributed by atoms with van der Waals surface area (Å²) < 4.78 is 13.7. The molecule has 0 bridgehead atoms. The molecule has 1 aromatic carbocycles. The lowest BCUT2D eigenvalue weighted by molar-refractivity contribution is 0.219. The van der Waals surface area contributed by atoms with E-state index in [2.05, 4.69) is 39.4 Å². The van der Waals surface area contributed by atoms with Crippen LogP contribution in [0.3, 0.4) is 0 Å². The Balaban J connectivity index is 2.06. The first-order valence-electron chi connectivity index (χ1n) is 9.13. The van der Waals surface area contributed by atoms with Crippen LogP contribution in [0, 0.1) is 5.82 Å². The highest BCUT2D eigenvalue weighted by Crippen LogP contribution is 2.26. The molecule has 7 heteroatoms. The van der Waals surface area contributed by atoms with Crippen molar-refractivity contribution in [3.8, 4) is 0 Å². The van der Waals surface area contributed by atoms with Gasteiger partial charge < -0.3 is 10.6 Å². The average Bonchev–Trinajstić information content (AvgIpc) is 2.69. The molecule has 1 atom stereocenters. The Kier molecular flexibility index (Phi) is 8.48. The van der Waals surface area contributed by atoms with E-state index in [1.165, 1.54) is 6.07 Å². The van der Waals surface area contributed by atoms with Gasteiger partial charge in [-0.25, -0.2) is 4.39 Å². The fraction of sp³-hybridized carbons (Fsp3) is 0.400. The predicted octanol–water partition coefficient (Wildman–Crippen LogP) is 3.62. The maximum absolute atomic E-state index is 13.7. The van der Waals surface area contributed by atoms with Gasteiger partial charge in [-0.1, -0.05) is 43.6 Å². The number of benzene rings is 1. The highest BCUT2D eigenvalue weighted by atomic mass is 35.5. The number of aromatic nitrogens is 1. The molecule has 0 fully saturated rings. The second kappa shape index (κ2) is 10.8. The van der Waals surface area contributed by atoms with Crippen LogP contribution in [0.2, 0.25) is 5.02 Å². The summed E-state index contributed by atoms with van der Waals surface area (Å²) in [5.41, 5.74) is 1.42. The first-order valence-corrected chi connectivity index (χ1v) is 9.50. The summed E-state index contributed by atoms with van der Waals surface area (Å²) in [5, 5.41) is 7.18. The molecule has 146 valence electrons. The molecule has 0 radical (unpaired) electrons. The van der Waals surface area contributed by atoms with Gasteiger partial charge in [-0.2, -0.15) is 0 Å². The van der Waals surface area contributed by atoms with Crippen molar-refractivity contribution in [2.45, 2.75) is 26.4 Å². The molecule has 0 saturated heterocycles. The summed E-state index contributed by atoms with van der Waals surface area (Å²) in [7, 11) is 1.69. The molecule has 1 aromatic heterocycles. The van der Waals surface area contributed by atoms with E-state index in [0.29, 0.717) is 18.2 Å². The first-order chi connectivity index (χ1) is 13.1. The third-order valence-electron chi connectivity index (χ3n) is 4.46. The monoisotopic (exact) mass is 391 g/mol. The molecular formula is C20H27ClFN5. The summed E-state index contributed by atoms with van der Waals surface area (Å²) >= 11 is 6.43. The van der Waals surface area contributed by atoms with E-state index in [9.17, 15) is 4.39 Å². The number of rotatable bonds is 8. The lowest BCUT2D eigenvalue weighted by Crippen LogP contribution is -2.43. The zero-order valence-electron chi connectivity index (χ0n) is 16.0. The molecule has 0 aliphatic heterocycles. The molecule has 2 aromatic rings. The number of halogens is 2. The largest absolute Gasteiger partial charge is 0.354 e. The van der Waals surface area contributed by atoms with Gasteiger partial charge in [0.15, 0.2) is 5.96 Å². The molecule has 1 heterocycles. The normalized spacial score (nSPS) is 12.9. The van der Waals surface area contributed by atoms with Gasteiger partial charge in [0.1, 0.15) is 5.82 Å². The first kappa shape index (κ1) is 21.1. The SMILES string of the molecule is CCN(CC)C(CNC(=NC)NCc1ncccc1F)c1ccccc1Cl. The van der Waals surface area contributed by atoms with Gasteiger partial charge in [-0.3, -0.25) is 14.9 Å². The number of hydrogen-bond acceptors (Lipinski definition) is 3. The maximum Gasteiger partial charge on any atom is 0.191 e. The molecule has 2 N–H and O–H groups in total. The van der Waals surface area contributed by atoms with Crippen molar-refractivity contribution >= 4 is 17.6 Å². The van der Waals surface area contributed by atoms with Crippen LogP contribution < -0.4 is 10.6 Å². The molecule has 5 nitrogen and oxygen atoms in total. The van der Waals surface area contributed by atoms with E-state index in [4.69, 9.17) is 11.6 Å². The molecule has 0 saturated carbocycles. The fourth-order valence-electron chi connectivity index (χ4n) is 2.98. The molecule has 1 unspecified atom stereocenters. The summed E-state index contributed by atoms with van der Waals surface area (Å²) in [6, 6.07) is 10.9. The summed E-state index contributed by atoms with van der Waals surface area (Å²) in [6.07, 6.45) is 1.57. The van der Waals surface area contributed by atoms with E-state index in [-0.39, 0.29) is 18.4 Å². The standard InChI is InChI=1S/C20H27ClFN5/c1-4-27(5-2)19(15-9-6-7-10-16(15)21)14-26-20(23-3)25-13-18-17(22)11-8-12-24-18/h6-12,19H,4-5,13-14H2,1-3H3,(H2,23,25,26). The summed E-state index contributed by atoms with van der Waals surface area (Å²) in [5.74, 6) is 0.252. The Morgan fingerprint density at radius 1 is 1.19 bits per heavy atom. The minimum Gasteiger partial charge on any atom is -0.354 e. The smallest absolute Gasteiger partial charge is 0.191 e.